The van der Waals surface area contributed by atoms with Gasteiger partial charge in [0.2, 0.25) is 0 Å². The maximum atomic E-state index is 11.5. The van der Waals surface area contributed by atoms with Gasteiger partial charge in [-0.1, -0.05) is 129 Å². The second-order valence-electron chi connectivity index (χ2n) is 14.7. The van der Waals surface area contributed by atoms with Gasteiger partial charge in [-0.3, -0.25) is 9.78 Å². The molecule has 0 spiro atoms. The number of aliphatic hydroxyl groups is 1. The number of nitrogens with zero attached hydrogens (tertiary/aromatic N) is 1. The second-order valence-corrected chi connectivity index (χ2v) is 14.7. The van der Waals surface area contributed by atoms with Gasteiger partial charge >= 0.3 is 0 Å². The van der Waals surface area contributed by atoms with E-state index in [1.807, 2.05) is 47.7 Å². The summed E-state index contributed by atoms with van der Waals surface area (Å²) in [7, 11) is 0. The van der Waals surface area contributed by atoms with E-state index in [1.165, 1.54) is 49.5 Å². The predicted molar refractivity (Wildman–Crippen MR) is 188 cm³/mol. The van der Waals surface area contributed by atoms with Crippen LogP contribution in [-0.2, 0) is 31.3 Å². The number of allylic oxidation sites excluding steroid dienone is 2. The van der Waals surface area contributed by atoms with E-state index in [0.717, 1.165) is 17.7 Å². The number of ketones is 1. The van der Waals surface area contributed by atoms with Crippen molar-refractivity contribution in [3.05, 3.63) is 102 Å². The Kier molecular flexibility index (Phi) is 11.6. The van der Waals surface area contributed by atoms with Crippen LogP contribution in [-0.4, -0.2) is 15.9 Å². The molecule has 0 aliphatic rings. The Balaban J connectivity index is 0.000000338. The third kappa shape index (κ3) is 8.69. The number of aromatic nitrogens is 1. The number of carbonyl (C=O) groups is 1. The van der Waals surface area contributed by atoms with Crippen LogP contribution in [0.1, 0.15) is 86.3 Å². The number of fused-ring (bicyclic) bond motifs is 4. The first kappa shape index (κ1) is 36.1. The zero-order valence-corrected chi connectivity index (χ0v) is 30.9. The van der Waals surface area contributed by atoms with Crippen LogP contribution in [0.25, 0.3) is 43.6 Å². The summed E-state index contributed by atoms with van der Waals surface area (Å²) in [6.07, 6.45) is 4.30. The monoisotopic (exact) mass is 779 g/mol. The molecular formula is C41H48IrNO2-. The van der Waals surface area contributed by atoms with Crippen LogP contribution in [0.5, 0.6) is 0 Å². The van der Waals surface area contributed by atoms with Crippen molar-refractivity contribution >= 4 is 38.1 Å². The predicted octanol–water partition coefficient (Wildman–Crippen LogP) is 11.4. The Morgan fingerprint density at radius 2 is 1.53 bits per heavy atom. The maximum absolute atomic E-state index is 11.5. The van der Waals surface area contributed by atoms with Gasteiger partial charge in [0.15, 0.2) is 5.78 Å². The fraction of sp³-hybridized carbons (Fsp3) is 0.366. The molecule has 0 saturated heterocycles. The summed E-state index contributed by atoms with van der Waals surface area (Å²) in [5.41, 5.74) is 4.08. The van der Waals surface area contributed by atoms with Gasteiger partial charge in [0, 0.05) is 48.9 Å². The molecule has 0 atom stereocenters. The van der Waals surface area contributed by atoms with Crippen LogP contribution in [0.15, 0.2) is 84.8 Å². The molecule has 0 fully saturated rings. The number of aliphatic hydroxyl groups excluding tert-OH is 1. The van der Waals surface area contributed by atoms with Gasteiger partial charge in [-0.25, -0.2) is 0 Å². The Bertz CT molecular complexity index is 1830. The summed E-state index contributed by atoms with van der Waals surface area (Å²) in [6.45, 7) is 20.2. The summed E-state index contributed by atoms with van der Waals surface area (Å²) in [5.74, 6) is 1.19. The number of benzene rings is 4. The van der Waals surface area contributed by atoms with Crippen molar-refractivity contribution in [1.82, 2.24) is 4.98 Å². The first-order valence-electron chi connectivity index (χ1n) is 15.8. The molecule has 4 heteroatoms. The van der Waals surface area contributed by atoms with Crippen LogP contribution < -0.4 is 0 Å². The van der Waals surface area contributed by atoms with Crippen molar-refractivity contribution in [2.45, 2.75) is 81.6 Å². The van der Waals surface area contributed by atoms with Gasteiger partial charge in [-0.05, 0) is 51.4 Å². The van der Waals surface area contributed by atoms with Gasteiger partial charge in [-0.2, -0.15) is 0 Å². The normalized spacial score (nSPS) is 12.4. The van der Waals surface area contributed by atoms with Crippen molar-refractivity contribution in [2.75, 3.05) is 0 Å². The summed E-state index contributed by atoms with van der Waals surface area (Å²) < 4.78 is 0. The van der Waals surface area contributed by atoms with E-state index in [0.29, 0.717) is 11.8 Å². The first-order valence-corrected chi connectivity index (χ1v) is 15.8. The Labute approximate surface area is 283 Å². The average Bonchev–Trinajstić information content (AvgIpc) is 2.95. The average molecular weight is 779 g/mol. The molecule has 5 aromatic rings. The van der Waals surface area contributed by atoms with E-state index in [1.54, 1.807) is 0 Å². The number of hydrogen-bond donors (Lipinski definition) is 1. The molecule has 1 heterocycles. The van der Waals surface area contributed by atoms with Crippen molar-refractivity contribution < 1.29 is 30.0 Å². The zero-order valence-electron chi connectivity index (χ0n) is 28.5. The number of carbonyl (C=O) groups excluding carboxylic acids is 1. The van der Waals surface area contributed by atoms with Gasteiger partial charge < -0.3 is 5.11 Å². The van der Waals surface area contributed by atoms with Gasteiger partial charge in [0.1, 0.15) is 5.76 Å². The van der Waals surface area contributed by atoms with E-state index >= 15 is 0 Å². The van der Waals surface area contributed by atoms with E-state index in [2.05, 4.69) is 100 Å². The van der Waals surface area contributed by atoms with Crippen molar-refractivity contribution in [3.63, 3.8) is 0 Å². The molecule has 0 aliphatic carbocycles. The van der Waals surface area contributed by atoms with Crippen LogP contribution in [0.2, 0.25) is 0 Å². The minimum atomic E-state index is -0.417. The van der Waals surface area contributed by atoms with E-state index in [-0.39, 0.29) is 37.1 Å². The molecule has 1 radical (unpaired) electrons. The Morgan fingerprint density at radius 1 is 0.844 bits per heavy atom. The third-order valence-electron chi connectivity index (χ3n) is 7.95. The summed E-state index contributed by atoms with van der Waals surface area (Å²) in [6, 6.07) is 28.0. The molecule has 0 bridgehead atoms. The van der Waals surface area contributed by atoms with Crippen molar-refractivity contribution in [3.8, 4) is 11.3 Å². The summed E-state index contributed by atoms with van der Waals surface area (Å²) >= 11 is 0. The molecule has 4 aromatic carbocycles. The van der Waals surface area contributed by atoms with Crippen molar-refractivity contribution in [2.24, 2.45) is 16.7 Å². The van der Waals surface area contributed by atoms with Crippen LogP contribution in [0.4, 0.5) is 0 Å². The molecule has 3 nitrogen and oxygen atoms in total. The number of rotatable bonds is 5. The molecule has 1 N–H and O–H groups in total. The quantitative estimate of drug-likeness (QED) is 0.0837. The minimum absolute atomic E-state index is 0. The smallest absolute Gasteiger partial charge is 0.164 e. The molecule has 0 unspecified atom stereocenters. The van der Waals surface area contributed by atoms with Crippen molar-refractivity contribution in [1.29, 1.82) is 0 Å². The van der Waals surface area contributed by atoms with Gasteiger partial charge in [0.05, 0.1) is 0 Å². The second kappa shape index (κ2) is 14.4. The molecule has 1 aromatic heterocycles. The Hall–Kier alpha value is -3.33. The molecular weight excluding hydrogens is 731 g/mol. The van der Waals surface area contributed by atoms with Crippen LogP contribution >= 0.6 is 0 Å². The fourth-order valence-corrected chi connectivity index (χ4v) is 5.20. The topological polar surface area (TPSA) is 50.2 Å². The molecule has 0 amide bonds. The molecule has 45 heavy (non-hydrogen) atoms. The number of hydrogen-bond acceptors (Lipinski definition) is 3. The number of pyridine rings is 1. The fourth-order valence-electron chi connectivity index (χ4n) is 5.20. The van der Waals surface area contributed by atoms with E-state index in [4.69, 9.17) is 4.98 Å². The summed E-state index contributed by atoms with van der Waals surface area (Å²) in [5, 5.41) is 17.1. The molecule has 5 rings (SSSR count). The van der Waals surface area contributed by atoms with Gasteiger partial charge in [0.25, 0.3) is 0 Å². The zero-order chi connectivity index (χ0) is 32.4. The standard InChI is InChI=1S/C30H28N.C11H20O2.Ir/c1-19(2)15-25-18-26(17-24-10-9-21-7-5-6-8-27(21)29(24)25)30-28-12-11-22(20(3)4)16-23(28)13-14-31-30;1-10(2,3)8(12)7-9(13)11(4,5)6;/h5-14,16,18-20H,15H2,1-4H3;7,12H,1-6H3;/q-1;;/b;8-7-;. The summed E-state index contributed by atoms with van der Waals surface area (Å²) in [4.78, 5) is 16.3. The van der Waals surface area contributed by atoms with E-state index in [9.17, 15) is 9.90 Å². The largest absolute Gasteiger partial charge is 0.512 e. The van der Waals surface area contributed by atoms with Crippen LogP contribution in [0, 0.1) is 22.8 Å². The third-order valence-corrected chi connectivity index (χ3v) is 7.95. The first-order chi connectivity index (χ1) is 20.6. The molecule has 0 aliphatic heterocycles. The Morgan fingerprint density at radius 3 is 2.16 bits per heavy atom. The van der Waals surface area contributed by atoms with E-state index < -0.39 is 5.41 Å². The molecule has 0 saturated carbocycles. The molecule has 239 valence electrons. The van der Waals surface area contributed by atoms with Gasteiger partial charge in [-0.15, -0.1) is 29.1 Å². The minimum Gasteiger partial charge on any atom is -0.512 e. The SMILES string of the molecule is CC(C)(C)C(=O)/C=C(\O)C(C)(C)C.CC(C)Cc1cc(-c2nccc3cc(C(C)C)ccc23)[c-]c2ccc3ccccc3c12.[Ir]. The van der Waals surface area contributed by atoms with Crippen LogP contribution in [0.3, 0.4) is 0 Å². The maximum Gasteiger partial charge on any atom is 0.164 e.